The molecule has 0 amide bonds. The Bertz CT molecular complexity index is 398. The van der Waals surface area contributed by atoms with Gasteiger partial charge < -0.3 is 10.1 Å². The van der Waals surface area contributed by atoms with E-state index in [0.29, 0.717) is 6.61 Å². The first-order chi connectivity index (χ1) is 8.08. The second kappa shape index (κ2) is 6.42. The van der Waals surface area contributed by atoms with Crippen LogP contribution >= 0.6 is 11.6 Å². The van der Waals surface area contributed by atoms with Crippen molar-refractivity contribution in [1.29, 1.82) is 0 Å². The molecule has 1 N–H and O–H groups in total. The van der Waals surface area contributed by atoms with Crippen molar-refractivity contribution in [3.8, 4) is 0 Å². The van der Waals surface area contributed by atoms with Gasteiger partial charge in [-0.3, -0.25) is 10.1 Å². The predicted molar refractivity (Wildman–Crippen MR) is 67.7 cm³/mol. The molecule has 0 aliphatic carbocycles. The number of nitrogens with zero attached hydrogens (tertiary/aromatic N) is 1. The number of anilines is 1. The third-order valence-corrected chi connectivity index (χ3v) is 2.68. The number of rotatable bonds is 6. The van der Waals surface area contributed by atoms with E-state index in [2.05, 4.69) is 5.32 Å². The average Bonchev–Trinajstić information content (AvgIpc) is 2.28. The highest BCUT2D eigenvalue weighted by Gasteiger charge is 2.13. The van der Waals surface area contributed by atoms with Crippen molar-refractivity contribution in [3.05, 3.63) is 33.3 Å². The maximum Gasteiger partial charge on any atom is 0.288 e. The molecule has 94 valence electrons. The Hall–Kier alpha value is -1.33. The molecule has 0 aromatic heterocycles. The van der Waals surface area contributed by atoms with Crippen LogP contribution in [-0.4, -0.2) is 24.7 Å². The summed E-state index contributed by atoms with van der Waals surface area (Å²) in [6, 6.07) is 4.75. The van der Waals surface area contributed by atoms with Gasteiger partial charge in [-0.05, 0) is 18.6 Å². The van der Waals surface area contributed by atoms with Crippen LogP contribution in [0.2, 0.25) is 5.02 Å². The third-order valence-electron chi connectivity index (χ3n) is 2.38. The summed E-state index contributed by atoms with van der Waals surface area (Å²) in [4.78, 5) is 10.1. The van der Waals surface area contributed by atoms with Crippen LogP contribution in [0.25, 0.3) is 0 Å². The van der Waals surface area contributed by atoms with Gasteiger partial charge in [-0.25, -0.2) is 0 Å². The van der Waals surface area contributed by atoms with Gasteiger partial charge in [0.25, 0.3) is 5.69 Å². The van der Waals surface area contributed by atoms with Crippen LogP contribution in [0.5, 0.6) is 0 Å². The van der Waals surface area contributed by atoms with Gasteiger partial charge in [-0.15, -0.1) is 0 Å². The van der Waals surface area contributed by atoms with Crippen molar-refractivity contribution in [2.45, 2.75) is 19.4 Å². The van der Waals surface area contributed by atoms with Crippen LogP contribution in [0.1, 0.15) is 13.3 Å². The minimum atomic E-state index is -0.501. The van der Waals surface area contributed by atoms with Gasteiger partial charge in [0.05, 0.1) is 11.5 Å². The average molecular weight is 259 g/mol. The molecule has 0 heterocycles. The fourth-order valence-corrected chi connectivity index (χ4v) is 1.69. The summed E-state index contributed by atoms with van der Waals surface area (Å²) in [5.41, 5.74) is 0.668. The Morgan fingerprint density at radius 1 is 1.59 bits per heavy atom. The van der Waals surface area contributed by atoms with Crippen molar-refractivity contribution in [1.82, 2.24) is 0 Å². The molecule has 0 radical (unpaired) electrons. The van der Waals surface area contributed by atoms with E-state index >= 15 is 0 Å². The molecule has 0 saturated carbocycles. The second-order valence-electron chi connectivity index (χ2n) is 3.63. The zero-order valence-electron chi connectivity index (χ0n) is 9.77. The standard InChI is InChI=1S/C11H15ClN2O3/c1-3-8(7-17-2)13-9-4-5-11(14(15)16)10(12)6-9/h4-6,8,13H,3,7H2,1-2H3. The van der Waals surface area contributed by atoms with Crippen molar-refractivity contribution in [2.24, 2.45) is 0 Å². The molecule has 1 atom stereocenters. The van der Waals surface area contributed by atoms with E-state index in [-0.39, 0.29) is 16.8 Å². The number of nitro benzene ring substituents is 1. The lowest BCUT2D eigenvalue weighted by Crippen LogP contribution is -2.23. The summed E-state index contributed by atoms with van der Waals surface area (Å²) in [7, 11) is 1.63. The van der Waals surface area contributed by atoms with Gasteiger partial charge in [-0.1, -0.05) is 18.5 Å². The van der Waals surface area contributed by atoms with Crippen LogP contribution < -0.4 is 5.32 Å². The number of nitrogens with one attached hydrogen (secondary N) is 1. The molecular formula is C11H15ClN2O3. The Morgan fingerprint density at radius 2 is 2.29 bits per heavy atom. The lowest BCUT2D eigenvalue weighted by Gasteiger charge is -2.17. The number of hydrogen-bond acceptors (Lipinski definition) is 4. The molecule has 1 aromatic carbocycles. The topological polar surface area (TPSA) is 64.4 Å². The molecule has 1 rings (SSSR count). The molecule has 0 bridgehead atoms. The molecule has 5 nitrogen and oxygen atoms in total. The van der Waals surface area contributed by atoms with E-state index < -0.39 is 4.92 Å². The van der Waals surface area contributed by atoms with Crippen LogP contribution in [-0.2, 0) is 4.74 Å². The number of hydrogen-bond donors (Lipinski definition) is 1. The summed E-state index contributed by atoms with van der Waals surface area (Å²) in [6.07, 6.45) is 0.891. The Balaban J connectivity index is 2.79. The molecule has 1 unspecified atom stereocenters. The summed E-state index contributed by atoms with van der Waals surface area (Å²) in [5, 5.41) is 13.9. The SMILES string of the molecule is CCC(COC)Nc1ccc([N+](=O)[O-])c(Cl)c1. The lowest BCUT2D eigenvalue weighted by atomic mass is 10.2. The van der Waals surface area contributed by atoms with Gasteiger partial charge in [0, 0.05) is 24.9 Å². The fraction of sp³-hybridized carbons (Fsp3) is 0.455. The van der Waals surface area contributed by atoms with Gasteiger partial charge >= 0.3 is 0 Å². The highest BCUT2D eigenvalue weighted by Crippen LogP contribution is 2.27. The van der Waals surface area contributed by atoms with E-state index in [1.54, 1.807) is 19.2 Å². The lowest BCUT2D eigenvalue weighted by molar-refractivity contribution is -0.384. The maximum atomic E-state index is 10.6. The summed E-state index contributed by atoms with van der Waals surface area (Å²) < 4.78 is 5.06. The predicted octanol–water partition coefficient (Wildman–Crippen LogP) is 3.09. The number of ether oxygens (including phenoxy) is 1. The minimum Gasteiger partial charge on any atom is -0.383 e. The zero-order chi connectivity index (χ0) is 12.8. The Morgan fingerprint density at radius 3 is 2.76 bits per heavy atom. The highest BCUT2D eigenvalue weighted by molar-refractivity contribution is 6.32. The largest absolute Gasteiger partial charge is 0.383 e. The number of nitro groups is 1. The van der Waals surface area contributed by atoms with Crippen LogP contribution in [0.4, 0.5) is 11.4 Å². The van der Waals surface area contributed by atoms with Gasteiger partial charge in [0.2, 0.25) is 0 Å². The molecule has 0 aliphatic heterocycles. The van der Waals surface area contributed by atoms with Crippen LogP contribution in [0.15, 0.2) is 18.2 Å². The Kier molecular flexibility index (Phi) is 5.18. The van der Waals surface area contributed by atoms with Gasteiger partial charge in [-0.2, -0.15) is 0 Å². The fourth-order valence-electron chi connectivity index (χ4n) is 1.44. The van der Waals surface area contributed by atoms with Crippen molar-refractivity contribution in [2.75, 3.05) is 19.0 Å². The first kappa shape index (κ1) is 13.7. The first-order valence-corrected chi connectivity index (χ1v) is 5.65. The highest BCUT2D eigenvalue weighted by atomic mass is 35.5. The maximum absolute atomic E-state index is 10.6. The van der Waals surface area contributed by atoms with E-state index in [4.69, 9.17) is 16.3 Å². The number of halogens is 1. The smallest absolute Gasteiger partial charge is 0.288 e. The van der Waals surface area contributed by atoms with Crippen LogP contribution in [0, 0.1) is 10.1 Å². The van der Waals surface area contributed by atoms with Gasteiger partial charge in [0.15, 0.2) is 0 Å². The molecular weight excluding hydrogens is 244 g/mol. The normalized spacial score (nSPS) is 12.2. The minimum absolute atomic E-state index is 0.0861. The molecule has 0 aliphatic rings. The molecule has 0 saturated heterocycles. The van der Waals surface area contributed by atoms with Crippen molar-refractivity contribution < 1.29 is 9.66 Å². The van der Waals surface area contributed by atoms with Gasteiger partial charge in [0.1, 0.15) is 5.02 Å². The van der Waals surface area contributed by atoms with Crippen molar-refractivity contribution in [3.63, 3.8) is 0 Å². The molecule has 0 spiro atoms. The summed E-state index contributed by atoms with van der Waals surface area (Å²) in [6.45, 7) is 2.61. The second-order valence-corrected chi connectivity index (χ2v) is 4.04. The number of benzene rings is 1. The van der Waals surface area contributed by atoms with E-state index in [1.807, 2.05) is 6.92 Å². The first-order valence-electron chi connectivity index (χ1n) is 5.27. The summed E-state index contributed by atoms with van der Waals surface area (Å²) >= 11 is 5.82. The Labute approximate surface area is 105 Å². The van der Waals surface area contributed by atoms with Crippen molar-refractivity contribution >= 4 is 23.0 Å². The molecule has 0 fully saturated rings. The third kappa shape index (κ3) is 3.87. The molecule has 1 aromatic rings. The summed E-state index contributed by atoms with van der Waals surface area (Å²) in [5.74, 6) is 0. The van der Waals surface area contributed by atoms with E-state index in [9.17, 15) is 10.1 Å². The molecule has 6 heteroatoms. The number of methoxy groups -OCH3 is 1. The van der Waals surface area contributed by atoms with Crippen LogP contribution in [0.3, 0.4) is 0 Å². The zero-order valence-corrected chi connectivity index (χ0v) is 10.5. The monoisotopic (exact) mass is 258 g/mol. The van der Waals surface area contributed by atoms with E-state index in [1.165, 1.54) is 6.07 Å². The quantitative estimate of drug-likeness (QED) is 0.629. The molecule has 17 heavy (non-hydrogen) atoms. The van der Waals surface area contributed by atoms with E-state index in [0.717, 1.165) is 12.1 Å².